The van der Waals surface area contributed by atoms with Crippen LogP contribution < -0.4 is 11.1 Å². The van der Waals surface area contributed by atoms with E-state index in [1.54, 1.807) is 0 Å². The highest BCUT2D eigenvalue weighted by Gasteiger charge is 2.26. The van der Waals surface area contributed by atoms with E-state index in [-0.39, 0.29) is 37.0 Å². The van der Waals surface area contributed by atoms with Crippen LogP contribution in [0.25, 0.3) is 0 Å². The van der Waals surface area contributed by atoms with E-state index >= 15 is 0 Å². The zero-order valence-electron chi connectivity index (χ0n) is 10.0. The lowest BCUT2D eigenvalue weighted by atomic mass is 9.91. The fourth-order valence-electron chi connectivity index (χ4n) is 2.51. The third-order valence-corrected chi connectivity index (χ3v) is 3.55. The van der Waals surface area contributed by atoms with E-state index < -0.39 is 0 Å². The van der Waals surface area contributed by atoms with Gasteiger partial charge in [0.2, 0.25) is 0 Å². The molecule has 4 nitrogen and oxygen atoms in total. The first kappa shape index (κ1) is 17.4. The van der Waals surface area contributed by atoms with E-state index in [2.05, 4.69) is 5.32 Å². The van der Waals surface area contributed by atoms with Crippen LogP contribution in [0.4, 0.5) is 0 Å². The molecule has 0 aromatic carbocycles. The molecule has 17 heavy (non-hydrogen) atoms. The van der Waals surface area contributed by atoms with Crippen LogP contribution in [0.2, 0.25) is 0 Å². The fourth-order valence-corrected chi connectivity index (χ4v) is 2.51. The Morgan fingerprint density at radius 2 is 1.71 bits per heavy atom. The Morgan fingerprint density at radius 3 is 2.29 bits per heavy atom. The van der Waals surface area contributed by atoms with Gasteiger partial charge in [0.15, 0.2) is 0 Å². The topological polar surface area (TPSA) is 67.5 Å². The molecule has 1 aliphatic heterocycles. The van der Waals surface area contributed by atoms with Crippen molar-refractivity contribution in [2.45, 2.75) is 56.3 Å². The van der Waals surface area contributed by atoms with Gasteiger partial charge >= 0.3 is 0 Å². The molecule has 2 unspecified atom stereocenters. The van der Waals surface area contributed by atoms with Crippen LogP contribution in [-0.4, -0.2) is 42.5 Å². The van der Waals surface area contributed by atoms with Gasteiger partial charge in [-0.3, -0.25) is 0 Å². The summed E-state index contributed by atoms with van der Waals surface area (Å²) < 4.78 is 5.31. The maximum atomic E-state index is 9.41. The number of aliphatic hydroxyl groups is 1. The van der Waals surface area contributed by atoms with Gasteiger partial charge in [-0.25, -0.2) is 0 Å². The summed E-state index contributed by atoms with van der Waals surface area (Å²) in [5, 5.41) is 13.0. The van der Waals surface area contributed by atoms with Crippen LogP contribution >= 0.6 is 24.8 Å². The molecule has 6 heteroatoms. The van der Waals surface area contributed by atoms with Gasteiger partial charge in [0, 0.05) is 24.7 Å². The second kappa shape index (κ2) is 8.51. The van der Waals surface area contributed by atoms with E-state index in [1.165, 1.54) is 0 Å². The Morgan fingerprint density at radius 1 is 1.06 bits per heavy atom. The van der Waals surface area contributed by atoms with Crippen LogP contribution in [0.3, 0.4) is 0 Å². The van der Waals surface area contributed by atoms with Gasteiger partial charge in [-0.05, 0) is 32.1 Å². The summed E-state index contributed by atoms with van der Waals surface area (Å²) in [6.07, 6.45) is 4.94. The average Bonchev–Trinajstić information content (AvgIpc) is 2.25. The van der Waals surface area contributed by atoms with Crippen molar-refractivity contribution in [3.05, 3.63) is 0 Å². The van der Waals surface area contributed by atoms with Crippen molar-refractivity contribution in [2.24, 2.45) is 5.73 Å². The molecule has 1 saturated heterocycles. The second-order valence-electron chi connectivity index (χ2n) is 4.81. The number of halogens is 2. The maximum Gasteiger partial charge on any atom is 0.0632 e. The van der Waals surface area contributed by atoms with Gasteiger partial charge in [-0.15, -0.1) is 24.8 Å². The molecule has 0 radical (unpaired) electrons. The number of ether oxygens (including phenoxy) is 1. The molecule has 0 aromatic rings. The molecule has 2 atom stereocenters. The lowest BCUT2D eigenvalue weighted by Gasteiger charge is -2.35. The highest BCUT2D eigenvalue weighted by atomic mass is 35.5. The molecule has 0 spiro atoms. The first-order valence-electron chi connectivity index (χ1n) is 6.03. The minimum Gasteiger partial charge on any atom is -0.393 e. The van der Waals surface area contributed by atoms with E-state index in [4.69, 9.17) is 10.5 Å². The number of aliphatic hydroxyl groups excluding tert-OH is 1. The highest BCUT2D eigenvalue weighted by Crippen LogP contribution is 2.20. The summed E-state index contributed by atoms with van der Waals surface area (Å²) in [7, 11) is 0. The third-order valence-electron chi connectivity index (χ3n) is 3.55. The standard InChI is InChI=1S/C11H22N2O2.2ClH/c12-10-7-15-6-5-11(10)13-8-1-3-9(14)4-2-8;;/h8-11,13-14H,1-7,12H2;2*1H. The Kier molecular flexibility index (Phi) is 8.72. The summed E-state index contributed by atoms with van der Waals surface area (Å²) >= 11 is 0. The lowest BCUT2D eigenvalue weighted by Crippen LogP contribution is -2.54. The average molecular weight is 287 g/mol. The second-order valence-corrected chi connectivity index (χ2v) is 4.81. The molecule has 2 fully saturated rings. The van der Waals surface area contributed by atoms with Gasteiger partial charge < -0.3 is 20.9 Å². The smallest absolute Gasteiger partial charge is 0.0632 e. The van der Waals surface area contributed by atoms with Crippen molar-refractivity contribution >= 4 is 24.8 Å². The summed E-state index contributed by atoms with van der Waals surface area (Å²) in [6.45, 7) is 1.49. The van der Waals surface area contributed by atoms with Crippen LogP contribution in [0, 0.1) is 0 Å². The molecule has 4 N–H and O–H groups in total. The Labute approximate surface area is 115 Å². The molecule has 2 aliphatic rings. The van der Waals surface area contributed by atoms with Crippen LogP contribution in [0.1, 0.15) is 32.1 Å². The molecule has 104 valence electrons. The predicted octanol–water partition coefficient (Wildman–Crippen LogP) is 0.839. The Hall–Kier alpha value is 0.420. The predicted molar refractivity (Wildman–Crippen MR) is 73.1 cm³/mol. The summed E-state index contributed by atoms with van der Waals surface area (Å²) in [5.41, 5.74) is 5.99. The summed E-state index contributed by atoms with van der Waals surface area (Å²) in [6, 6.07) is 1.08. The molecule has 1 heterocycles. The lowest BCUT2D eigenvalue weighted by molar-refractivity contribution is 0.0522. The van der Waals surface area contributed by atoms with Gasteiger partial charge in [-0.2, -0.15) is 0 Å². The van der Waals surface area contributed by atoms with Crippen LogP contribution in [-0.2, 0) is 4.74 Å². The molecule has 1 saturated carbocycles. The normalized spacial score (nSPS) is 37.8. The zero-order valence-corrected chi connectivity index (χ0v) is 11.6. The quantitative estimate of drug-likeness (QED) is 0.704. The number of nitrogens with two attached hydrogens (primary N) is 1. The van der Waals surface area contributed by atoms with Crippen molar-refractivity contribution in [1.29, 1.82) is 0 Å². The first-order chi connectivity index (χ1) is 7.25. The highest BCUT2D eigenvalue weighted by molar-refractivity contribution is 5.85. The van der Waals surface area contributed by atoms with Crippen molar-refractivity contribution in [1.82, 2.24) is 5.32 Å². The maximum absolute atomic E-state index is 9.41. The van der Waals surface area contributed by atoms with Gasteiger partial charge in [-0.1, -0.05) is 0 Å². The molecular weight excluding hydrogens is 263 g/mol. The molecule has 0 aromatic heterocycles. The third kappa shape index (κ3) is 5.28. The van der Waals surface area contributed by atoms with Crippen molar-refractivity contribution in [3.8, 4) is 0 Å². The van der Waals surface area contributed by atoms with Gasteiger partial charge in [0.25, 0.3) is 0 Å². The van der Waals surface area contributed by atoms with Crippen molar-refractivity contribution < 1.29 is 9.84 Å². The SMILES string of the molecule is Cl.Cl.NC1COCCC1NC1CCC(O)CC1. The van der Waals surface area contributed by atoms with Gasteiger partial charge in [0.1, 0.15) is 0 Å². The number of nitrogens with one attached hydrogen (secondary N) is 1. The molecule has 0 amide bonds. The van der Waals surface area contributed by atoms with Gasteiger partial charge in [0.05, 0.1) is 12.7 Å². The minimum absolute atomic E-state index is 0. The van der Waals surface area contributed by atoms with Crippen molar-refractivity contribution in [3.63, 3.8) is 0 Å². The minimum atomic E-state index is -0.0774. The summed E-state index contributed by atoms with van der Waals surface area (Å²) in [4.78, 5) is 0. The van der Waals surface area contributed by atoms with E-state index in [0.717, 1.165) is 38.7 Å². The Bertz CT molecular complexity index is 202. The fraction of sp³-hybridized carbons (Fsp3) is 1.00. The summed E-state index contributed by atoms with van der Waals surface area (Å²) in [5.74, 6) is 0. The molecular formula is C11H24Cl2N2O2. The monoisotopic (exact) mass is 286 g/mol. The number of rotatable bonds is 2. The molecule has 1 aliphatic carbocycles. The van der Waals surface area contributed by atoms with Crippen LogP contribution in [0.5, 0.6) is 0 Å². The Balaban J connectivity index is 0.00000128. The first-order valence-corrected chi connectivity index (χ1v) is 6.03. The van der Waals surface area contributed by atoms with E-state index in [1.807, 2.05) is 0 Å². The number of hydrogen-bond acceptors (Lipinski definition) is 4. The number of hydrogen-bond donors (Lipinski definition) is 3. The zero-order chi connectivity index (χ0) is 10.7. The molecule has 2 rings (SSSR count). The molecule has 0 bridgehead atoms. The largest absolute Gasteiger partial charge is 0.393 e. The van der Waals surface area contributed by atoms with E-state index in [9.17, 15) is 5.11 Å². The van der Waals surface area contributed by atoms with Crippen molar-refractivity contribution in [2.75, 3.05) is 13.2 Å². The van der Waals surface area contributed by atoms with E-state index in [0.29, 0.717) is 18.7 Å². The van der Waals surface area contributed by atoms with Crippen LogP contribution in [0.15, 0.2) is 0 Å².